The molecular weight excluding hydrogens is 382 g/mol. The van der Waals surface area contributed by atoms with E-state index in [0.29, 0.717) is 22.7 Å². The lowest BCUT2D eigenvalue weighted by atomic mass is 10.1. The van der Waals surface area contributed by atoms with Crippen LogP contribution in [-0.2, 0) is 0 Å². The van der Waals surface area contributed by atoms with Crippen LogP contribution in [-0.4, -0.2) is 11.1 Å². The molecule has 0 saturated heterocycles. The van der Waals surface area contributed by atoms with Crippen molar-refractivity contribution >= 4 is 33.5 Å². The molecule has 0 fully saturated rings. The fourth-order valence-electron chi connectivity index (χ4n) is 2.34. The summed E-state index contributed by atoms with van der Waals surface area (Å²) < 4.78 is 6.69. The molecule has 2 aromatic carbocycles. The molecule has 0 aliphatic carbocycles. The molecule has 0 aliphatic heterocycles. The van der Waals surface area contributed by atoms with Crippen molar-refractivity contribution in [2.24, 2.45) is 0 Å². The lowest BCUT2D eigenvalue weighted by Gasteiger charge is -2.00. The number of hydrogen-bond acceptors (Lipinski definition) is 3. The first-order valence-electron chi connectivity index (χ1n) is 7.38. The molecule has 1 N–H and O–H groups in total. The van der Waals surface area contributed by atoms with Crippen LogP contribution >= 0.6 is 15.9 Å². The molecule has 25 heavy (non-hydrogen) atoms. The highest BCUT2D eigenvalue weighted by Gasteiger charge is 2.09. The van der Waals surface area contributed by atoms with Gasteiger partial charge in [0.05, 0.1) is 17.2 Å². The number of carbonyl (C=O) groups is 1. The maximum atomic E-state index is 11.1. The number of allylic oxidation sites excluding steroid dienone is 1. The second-order valence-electron chi connectivity index (χ2n) is 5.26. The molecule has 1 heterocycles. The average molecular weight is 394 g/mol. The Morgan fingerprint density at radius 3 is 2.52 bits per heavy atom. The third kappa shape index (κ3) is 3.87. The summed E-state index contributed by atoms with van der Waals surface area (Å²) in [5.74, 6) is 0.0770. The standard InChI is InChI=1S/C20H12BrNO3/c21-17-6-4-13(5-7-17)16(12-22)11-18-8-9-19(25-18)14-2-1-3-15(10-14)20(23)24/h1-11H,(H,23,24)/b16-11-. The number of furan rings is 1. The van der Waals surface area contributed by atoms with Crippen LogP contribution in [0.15, 0.2) is 69.6 Å². The first-order valence-corrected chi connectivity index (χ1v) is 8.17. The summed E-state index contributed by atoms with van der Waals surface area (Å²) in [5, 5.41) is 18.5. The van der Waals surface area contributed by atoms with E-state index >= 15 is 0 Å². The Morgan fingerprint density at radius 1 is 1.08 bits per heavy atom. The number of rotatable bonds is 4. The lowest BCUT2D eigenvalue weighted by molar-refractivity contribution is 0.0697. The number of carboxylic acids is 1. The smallest absolute Gasteiger partial charge is 0.335 e. The van der Waals surface area contributed by atoms with E-state index in [2.05, 4.69) is 22.0 Å². The number of nitrogens with zero attached hydrogens (tertiary/aromatic N) is 1. The Labute approximate surface area is 152 Å². The Kier molecular flexibility index (Phi) is 4.82. The highest BCUT2D eigenvalue weighted by Crippen LogP contribution is 2.26. The summed E-state index contributed by atoms with van der Waals surface area (Å²) in [4.78, 5) is 11.1. The molecule has 0 radical (unpaired) electrons. The number of carboxylic acid groups (broad SMARTS) is 1. The molecule has 0 amide bonds. The molecule has 0 bridgehead atoms. The van der Waals surface area contributed by atoms with E-state index in [0.717, 1.165) is 10.0 Å². The largest absolute Gasteiger partial charge is 0.478 e. The minimum atomic E-state index is -0.990. The van der Waals surface area contributed by atoms with Crippen molar-refractivity contribution in [3.8, 4) is 17.4 Å². The molecule has 3 aromatic rings. The first-order chi connectivity index (χ1) is 12.1. The normalized spacial score (nSPS) is 11.1. The summed E-state index contributed by atoms with van der Waals surface area (Å²) in [5.41, 5.74) is 2.13. The van der Waals surface area contributed by atoms with E-state index < -0.39 is 5.97 Å². The van der Waals surface area contributed by atoms with Crippen LogP contribution < -0.4 is 0 Å². The fourth-order valence-corrected chi connectivity index (χ4v) is 2.61. The second kappa shape index (κ2) is 7.20. The maximum absolute atomic E-state index is 11.1. The third-order valence-electron chi connectivity index (χ3n) is 3.58. The van der Waals surface area contributed by atoms with Crippen LogP contribution in [0.3, 0.4) is 0 Å². The third-order valence-corrected chi connectivity index (χ3v) is 4.11. The van der Waals surface area contributed by atoms with Gasteiger partial charge in [0.25, 0.3) is 0 Å². The van der Waals surface area contributed by atoms with Crippen molar-refractivity contribution in [2.45, 2.75) is 0 Å². The van der Waals surface area contributed by atoms with E-state index in [-0.39, 0.29) is 5.56 Å². The summed E-state index contributed by atoms with van der Waals surface area (Å²) >= 11 is 3.37. The Hall–Kier alpha value is -3.10. The van der Waals surface area contributed by atoms with Gasteiger partial charge in [0.1, 0.15) is 11.5 Å². The highest BCUT2D eigenvalue weighted by molar-refractivity contribution is 9.10. The Morgan fingerprint density at radius 2 is 1.84 bits per heavy atom. The quantitative estimate of drug-likeness (QED) is 0.596. The molecule has 5 heteroatoms. The van der Waals surface area contributed by atoms with Gasteiger partial charge >= 0.3 is 5.97 Å². The predicted molar refractivity (Wildman–Crippen MR) is 98.7 cm³/mol. The molecule has 0 spiro atoms. The molecular formula is C20H12BrNO3. The van der Waals surface area contributed by atoms with Crippen LogP contribution in [0.5, 0.6) is 0 Å². The highest BCUT2D eigenvalue weighted by atomic mass is 79.9. The van der Waals surface area contributed by atoms with Crippen molar-refractivity contribution in [1.29, 1.82) is 5.26 Å². The van der Waals surface area contributed by atoms with Crippen LogP contribution in [0.25, 0.3) is 23.0 Å². The lowest BCUT2D eigenvalue weighted by Crippen LogP contribution is -1.95. The maximum Gasteiger partial charge on any atom is 0.335 e. The first kappa shape index (κ1) is 16.7. The van der Waals surface area contributed by atoms with Crippen molar-refractivity contribution in [3.63, 3.8) is 0 Å². The summed E-state index contributed by atoms with van der Waals surface area (Å²) in [6, 6.07) is 19.6. The van der Waals surface area contributed by atoms with Crippen molar-refractivity contribution in [3.05, 3.63) is 82.0 Å². The van der Waals surface area contributed by atoms with Gasteiger partial charge < -0.3 is 9.52 Å². The van der Waals surface area contributed by atoms with Crippen molar-refractivity contribution in [2.75, 3.05) is 0 Å². The minimum Gasteiger partial charge on any atom is -0.478 e. The molecule has 1 aromatic heterocycles. The molecule has 3 rings (SSSR count). The van der Waals surface area contributed by atoms with E-state index in [4.69, 9.17) is 9.52 Å². The average Bonchev–Trinajstić information content (AvgIpc) is 3.09. The van der Waals surface area contributed by atoms with Crippen molar-refractivity contribution in [1.82, 2.24) is 0 Å². The number of hydrogen-bond donors (Lipinski definition) is 1. The minimum absolute atomic E-state index is 0.193. The molecule has 0 unspecified atom stereocenters. The van der Waals surface area contributed by atoms with Gasteiger partial charge in [-0.2, -0.15) is 5.26 Å². The van der Waals surface area contributed by atoms with Gasteiger partial charge in [-0.25, -0.2) is 4.79 Å². The van der Waals surface area contributed by atoms with E-state index in [1.807, 2.05) is 24.3 Å². The second-order valence-corrected chi connectivity index (χ2v) is 6.18. The summed E-state index contributed by atoms with van der Waals surface area (Å²) in [7, 11) is 0. The number of nitriles is 1. The fraction of sp³-hybridized carbons (Fsp3) is 0. The van der Waals surface area contributed by atoms with Gasteiger partial charge in [-0.05, 0) is 48.0 Å². The van der Waals surface area contributed by atoms with Gasteiger partial charge in [0.2, 0.25) is 0 Å². The van der Waals surface area contributed by atoms with Gasteiger partial charge in [-0.15, -0.1) is 0 Å². The molecule has 0 saturated carbocycles. The summed E-state index contributed by atoms with van der Waals surface area (Å²) in [6.07, 6.45) is 1.66. The van der Waals surface area contributed by atoms with Crippen molar-refractivity contribution < 1.29 is 14.3 Å². The van der Waals surface area contributed by atoms with E-state index in [1.165, 1.54) is 6.07 Å². The number of benzene rings is 2. The van der Waals surface area contributed by atoms with Crippen LogP contribution in [0.1, 0.15) is 21.7 Å². The van der Waals surface area contributed by atoms with E-state index in [1.54, 1.807) is 36.4 Å². The topological polar surface area (TPSA) is 74.2 Å². The van der Waals surface area contributed by atoms with Crippen LogP contribution in [0, 0.1) is 11.3 Å². The van der Waals surface area contributed by atoms with Gasteiger partial charge in [-0.1, -0.05) is 40.2 Å². The molecule has 0 atom stereocenters. The SMILES string of the molecule is N#C/C(=C/c1ccc(-c2cccc(C(=O)O)c2)o1)c1ccc(Br)cc1. The van der Waals surface area contributed by atoms with Crippen LogP contribution in [0.2, 0.25) is 0 Å². The van der Waals surface area contributed by atoms with Gasteiger partial charge in [-0.3, -0.25) is 0 Å². The van der Waals surface area contributed by atoms with E-state index in [9.17, 15) is 10.1 Å². The summed E-state index contributed by atoms with van der Waals surface area (Å²) in [6.45, 7) is 0. The van der Waals surface area contributed by atoms with Gasteiger partial charge in [0, 0.05) is 10.0 Å². The Bertz CT molecular complexity index is 994. The number of aromatic carboxylic acids is 1. The van der Waals surface area contributed by atoms with Gasteiger partial charge in [0.15, 0.2) is 0 Å². The monoisotopic (exact) mass is 393 g/mol. The zero-order valence-corrected chi connectivity index (χ0v) is 14.5. The molecule has 0 aliphatic rings. The number of halogens is 1. The molecule has 122 valence electrons. The predicted octanol–water partition coefficient (Wildman–Crippen LogP) is 5.47. The zero-order chi connectivity index (χ0) is 17.8. The zero-order valence-electron chi connectivity index (χ0n) is 12.9. The molecule has 4 nitrogen and oxygen atoms in total. The Balaban J connectivity index is 1.93. The van der Waals surface area contributed by atoms with Crippen LogP contribution in [0.4, 0.5) is 0 Å².